The first-order valence-electron chi connectivity index (χ1n) is 7.52. The molecule has 0 amide bonds. The van der Waals surface area contributed by atoms with Crippen molar-refractivity contribution in [2.24, 2.45) is 0 Å². The quantitative estimate of drug-likeness (QED) is 0.727. The van der Waals surface area contributed by atoms with Crippen LogP contribution in [0.3, 0.4) is 0 Å². The Morgan fingerprint density at radius 2 is 2.08 bits per heavy atom. The summed E-state index contributed by atoms with van der Waals surface area (Å²) in [5, 5.41) is 7.09. The third kappa shape index (κ3) is 2.15. The Hall–Kier alpha value is -2.55. The van der Waals surface area contributed by atoms with Crippen LogP contribution in [0.1, 0.15) is 6.92 Å². The van der Waals surface area contributed by atoms with Crippen molar-refractivity contribution in [3.05, 3.63) is 35.9 Å². The molecule has 1 saturated heterocycles. The summed E-state index contributed by atoms with van der Waals surface area (Å²) in [6, 6.07) is 1.73. The number of piperazine rings is 1. The summed E-state index contributed by atoms with van der Waals surface area (Å²) in [6.45, 7) is 3.96. The summed E-state index contributed by atoms with van der Waals surface area (Å²) >= 11 is 0. The molecule has 1 aromatic carbocycles. The third-order valence-electron chi connectivity index (χ3n) is 4.11. The van der Waals surface area contributed by atoms with E-state index in [2.05, 4.69) is 15.4 Å². The second kappa shape index (κ2) is 5.52. The van der Waals surface area contributed by atoms with E-state index in [1.807, 2.05) is 11.8 Å². The van der Waals surface area contributed by atoms with Crippen molar-refractivity contribution in [2.75, 3.05) is 24.5 Å². The van der Waals surface area contributed by atoms with Crippen molar-refractivity contribution in [1.29, 1.82) is 0 Å². The molecular weight excluding hydrogens is 323 g/mol. The van der Waals surface area contributed by atoms with Gasteiger partial charge in [-0.3, -0.25) is 0 Å². The Balaban J connectivity index is 1.95. The van der Waals surface area contributed by atoms with E-state index in [9.17, 15) is 13.2 Å². The predicted molar refractivity (Wildman–Crippen MR) is 80.7 cm³/mol. The van der Waals surface area contributed by atoms with Gasteiger partial charge in [-0.25, -0.2) is 17.9 Å². The van der Waals surface area contributed by atoms with Gasteiger partial charge in [0.15, 0.2) is 28.6 Å². The van der Waals surface area contributed by atoms with E-state index in [1.165, 1.54) is 12.4 Å². The molecule has 9 heteroatoms. The lowest BCUT2D eigenvalue weighted by molar-refractivity contribution is 0.444. The summed E-state index contributed by atoms with van der Waals surface area (Å²) in [5.74, 6) is -4.32. The zero-order valence-electron chi connectivity index (χ0n) is 12.8. The number of nitrogens with one attached hydrogen (secondary N) is 1. The van der Waals surface area contributed by atoms with E-state index in [0.717, 1.165) is 4.68 Å². The number of fused-ring (bicyclic) bond motifs is 1. The molecule has 4 rings (SSSR count). The van der Waals surface area contributed by atoms with Crippen LogP contribution in [0.4, 0.5) is 19.2 Å². The fraction of sp³-hybridized carbons (Fsp3) is 0.333. The van der Waals surface area contributed by atoms with E-state index in [1.54, 1.807) is 6.07 Å². The zero-order chi connectivity index (χ0) is 16.8. The lowest BCUT2D eigenvalue weighted by Gasteiger charge is -2.32. The van der Waals surface area contributed by atoms with Crippen LogP contribution in [-0.4, -0.2) is 40.4 Å². The first-order valence-corrected chi connectivity index (χ1v) is 7.52. The molecule has 1 aliphatic rings. The Bertz CT molecular complexity index is 893. The molecule has 6 nitrogen and oxygen atoms in total. The van der Waals surface area contributed by atoms with Crippen LogP contribution in [0.25, 0.3) is 16.8 Å². The van der Waals surface area contributed by atoms with Gasteiger partial charge in [0.2, 0.25) is 0 Å². The van der Waals surface area contributed by atoms with Gasteiger partial charge in [-0.05, 0) is 13.0 Å². The zero-order valence-corrected chi connectivity index (χ0v) is 12.8. The summed E-state index contributed by atoms with van der Waals surface area (Å²) in [4.78, 5) is 5.90. The highest BCUT2D eigenvalue weighted by Gasteiger charge is 2.29. The summed E-state index contributed by atoms with van der Waals surface area (Å²) in [6.07, 6.45) is 2.83. The lowest BCUT2D eigenvalue weighted by Crippen LogP contribution is -2.50. The standard InChI is InChI=1S/C15H14F3N5O/c1-8-7-19-4-6-22(8)15-21-12-10(17)9(16)11(18)13(14(12)24-15)23-5-2-3-20-23/h2-3,5,8,19H,4,6-7H2,1H3/t8-/m0/s1. The van der Waals surface area contributed by atoms with Crippen LogP contribution in [0.2, 0.25) is 0 Å². The Morgan fingerprint density at radius 1 is 1.25 bits per heavy atom. The maximum atomic E-state index is 14.3. The topological polar surface area (TPSA) is 59.1 Å². The Morgan fingerprint density at radius 3 is 2.79 bits per heavy atom. The molecule has 3 aromatic rings. The summed E-state index contributed by atoms with van der Waals surface area (Å²) < 4.78 is 49.1. The minimum Gasteiger partial charge on any atom is -0.421 e. The largest absolute Gasteiger partial charge is 0.421 e. The predicted octanol–water partition coefficient (Wildman–Crippen LogP) is 2.23. The molecule has 1 atom stereocenters. The molecule has 126 valence electrons. The van der Waals surface area contributed by atoms with Gasteiger partial charge in [0.1, 0.15) is 5.69 Å². The molecular formula is C15H14F3N5O. The highest BCUT2D eigenvalue weighted by atomic mass is 19.2. The van der Waals surface area contributed by atoms with Crippen molar-refractivity contribution < 1.29 is 17.6 Å². The first kappa shape index (κ1) is 15.0. The Labute approximate surface area is 134 Å². The number of halogens is 3. The monoisotopic (exact) mass is 337 g/mol. The minimum absolute atomic E-state index is 0.0534. The number of benzene rings is 1. The minimum atomic E-state index is -1.60. The van der Waals surface area contributed by atoms with E-state index >= 15 is 0 Å². The van der Waals surface area contributed by atoms with Gasteiger partial charge in [0.05, 0.1) is 0 Å². The molecule has 3 heterocycles. The number of rotatable bonds is 2. The van der Waals surface area contributed by atoms with Crippen molar-refractivity contribution in [2.45, 2.75) is 13.0 Å². The van der Waals surface area contributed by atoms with Crippen molar-refractivity contribution in [1.82, 2.24) is 20.1 Å². The van der Waals surface area contributed by atoms with Gasteiger partial charge in [0.25, 0.3) is 6.01 Å². The molecule has 2 aromatic heterocycles. The van der Waals surface area contributed by atoms with Crippen LogP contribution in [-0.2, 0) is 0 Å². The number of anilines is 1. The number of hydrogen-bond donors (Lipinski definition) is 1. The molecule has 0 radical (unpaired) electrons. The highest BCUT2D eigenvalue weighted by molar-refractivity contribution is 5.84. The highest BCUT2D eigenvalue weighted by Crippen LogP contribution is 2.33. The van der Waals surface area contributed by atoms with E-state index in [0.29, 0.717) is 19.6 Å². The van der Waals surface area contributed by atoms with Gasteiger partial charge >= 0.3 is 0 Å². The smallest absolute Gasteiger partial charge is 0.298 e. The molecule has 1 aliphatic heterocycles. The molecule has 0 unspecified atom stereocenters. The molecule has 1 fully saturated rings. The van der Waals surface area contributed by atoms with E-state index in [4.69, 9.17) is 4.42 Å². The average Bonchev–Trinajstić information content (AvgIpc) is 3.24. The van der Waals surface area contributed by atoms with Crippen LogP contribution in [0, 0.1) is 17.5 Å². The molecule has 24 heavy (non-hydrogen) atoms. The number of oxazole rings is 1. The van der Waals surface area contributed by atoms with Gasteiger partial charge in [-0.1, -0.05) is 0 Å². The molecule has 0 saturated carbocycles. The fourth-order valence-electron chi connectivity index (χ4n) is 2.88. The van der Waals surface area contributed by atoms with Crippen LogP contribution in [0.15, 0.2) is 22.9 Å². The van der Waals surface area contributed by atoms with Gasteiger partial charge < -0.3 is 14.6 Å². The van der Waals surface area contributed by atoms with Crippen molar-refractivity contribution in [3.63, 3.8) is 0 Å². The number of aromatic nitrogens is 3. The SMILES string of the molecule is C[C@H]1CNCCN1c1nc2c(F)c(F)c(F)c(-n3cccn3)c2o1. The number of hydrogen-bond acceptors (Lipinski definition) is 5. The normalized spacial score (nSPS) is 18.5. The molecule has 0 aliphatic carbocycles. The maximum absolute atomic E-state index is 14.3. The average molecular weight is 337 g/mol. The van der Waals surface area contributed by atoms with Crippen LogP contribution < -0.4 is 10.2 Å². The molecule has 0 bridgehead atoms. The first-order chi connectivity index (χ1) is 11.6. The van der Waals surface area contributed by atoms with Crippen molar-refractivity contribution >= 4 is 17.1 Å². The molecule has 0 spiro atoms. The van der Waals surface area contributed by atoms with Crippen LogP contribution >= 0.6 is 0 Å². The number of nitrogens with zero attached hydrogens (tertiary/aromatic N) is 4. The fourth-order valence-corrected chi connectivity index (χ4v) is 2.88. The molecule has 1 N–H and O–H groups in total. The van der Waals surface area contributed by atoms with Gasteiger partial charge in [0, 0.05) is 38.1 Å². The second-order valence-corrected chi connectivity index (χ2v) is 5.66. The summed E-state index contributed by atoms with van der Waals surface area (Å²) in [5.41, 5.74) is -0.814. The maximum Gasteiger partial charge on any atom is 0.298 e. The van der Waals surface area contributed by atoms with Gasteiger partial charge in [-0.15, -0.1) is 0 Å². The Kier molecular flexibility index (Phi) is 3.45. The van der Waals surface area contributed by atoms with Gasteiger partial charge in [-0.2, -0.15) is 10.1 Å². The van der Waals surface area contributed by atoms with Crippen molar-refractivity contribution in [3.8, 4) is 5.69 Å². The summed E-state index contributed by atoms with van der Waals surface area (Å²) in [7, 11) is 0. The van der Waals surface area contributed by atoms with Crippen LogP contribution in [0.5, 0.6) is 0 Å². The second-order valence-electron chi connectivity index (χ2n) is 5.66. The van der Waals surface area contributed by atoms with E-state index < -0.39 is 17.5 Å². The van der Waals surface area contributed by atoms with E-state index in [-0.39, 0.29) is 28.8 Å². The third-order valence-corrected chi connectivity index (χ3v) is 4.11. The lowest BCUT2D eigenvalue weighted by atomic mass is 10.2.